The number of H-pyrrole nitrogens is 1. The van der Waals surface area contributed by atoms with Gasteiger partial charge in [0.15, 0.2) is 0 Å². The van der Waals surface area contributed by atoms with E-state index in [1.54, 1.807) is 0 Å². The number of imidazole rings is 1. The molecule has 0 aliphatic rings. The molecule has 3 rings (SSSR count). The number of rotatable bonds is 10. The molecule has 0 spiro atoms. The summed E-state index contributed by atoms with van der Waals surface area (Å²) in [7, 11) is 0. The monoisotopic (exact) mass is 496 g/mol. The summed E-state index contributed by atoms with van der Waals surface area (Å²) in [5, 5.41) is 3.62. The summed E-state index contributed by atoms with van der Waals surface area (Å²) in [6, 6.07) is 10.9. The van der Waals surface area contributed by atoms with Crippen molar-refractivity contribution in [3.05, 3.63) is 58.1 Å². The first-order valence-corrected chi connectivity index (χ1v) is 11.3. The van der Waals surface area contributed by atoms with Crippen molar-refractivity contribution in [2.75, 3.05) is 0 Å². The molecule has 0 fully saturated rings. The van der Waals surface area contributed by atoms with Gasteiger partial charge in [0.2, 0.25) is 6.33 Å². The lowest BCUT2D eigenvalue weighted by Crippen LogP contribution is -3.00. The second-order valence-corrected chi connectivity index (χ2v) is 8.45. The summed E-state index contributed by atoms with van der Waals surface area (Å²) in [5.74, 6) is 0. The average Bonchev–Trinajstić information content (AvgIpc) is 3.02. The van der Waals surface area contributed by atoms with E-state index >= 15 is 0 Å². The van der Waals surface area contributed by atoms with Crippen molar-refractivity contribution >= 4 is 34.0 Å². The largest absolute Gasteiger partial charge is 1.00 e. The summed E-state index contributed by atoms with van der Waals surface area (Å²) in [6.45, 7) is 4.43. The highest BCUT2D eigenvalue weighted by molar-refractivity contribution is 6.39. The van der Waals surface area contributed by atoms with Crippen LogP contribution >= 0.6 is 23.2 Å². The number of hydrogen-bond donors (Lipinski definition) is 1. The number of unbranched alkanes of at least 4 members (excludes halogenated alkanes) is 7. The van der Waals surface area contributed by atoms with Crippen molar-refractivity contribution < 1.29 is 21.5 Å². The van der Waals surface area contributed by atoms with Gasteiger partial charge in [0, 0.05) is 5.56 Å². The molecule has 3 aromatic rings. The van der Waals surface area contributed by atoms with Gasteiger partial charge in [0.1, 0.15) is 5.69 Å². The first-order valence-electron chi connectivity index (χ1n) is 10.6. The molecule has 0 aliphatic carbocycles. The fourth-order valence-corrected chi connectivity index (χ4v) is 4.42. The Balaban J connectivity index is 0.00000300. The Labute approximate surface area is 195 Å². The number of fused-ring (bicyclic) bond motifs is 1. The van der Waals surface area contributed by atoms with Crippen LogP contribution in [0.15, 0.2) is 36.7 Å². The number of aromatic amines is 1. The molecule has 0 radical (unpaired) electrons. The molecular formula is C24H31BrCl2N2. The van der Waals surface area contributed by atoms with Crippen molar-refractivity contribution in [2.45, 2.75) is 71.6 Å². The number of halogens is 3. The van der Waals surface area contributed by atoms with Crippen LogP contribution in [-0.4, -0.2) is 4.98 Å². The van der Waals surface area contributed by atoms with Crippen LogP contribution in [0, 0.1) is 6.92 Å². The molecule has 0 aliphatic heterocycles. The minimum atomic E-state index is 0. The molecule has 1 heterocycles. The fraction of sp³-hybridized carbons (Fsp3) is 0.458. The van der Waals surface area contributed by atoms with E-state index in [4.69, 9.17) is 23.2 Å². The van der Waals surface area contributed by atoms with Gasteiger partial charge in [0.05, 0.1) is 0 Å². The van der Waals surface area contributed by atoms with Crippen LogP contribution in [0.25, 0.3) is 16.5 Å². The lowest BCUT2D eigenvalue weighted by atomic mass is 9.94. The predicted molar refractivity (Wildman–Crippen MR) is 121 cm³/mol. The van der Waals surface area contributed by atoms with Crippen molar-refractivity contribution in [1.82, 2.24) is 4.98 Å². The number of aryl methyl sites for hydroxylation is 2. The van der Waals surface area contributed by atoms with E-state index < -0.39 is 0 Å². The van der Waals surface area contributed by atoms with Crippen molar-refractivity contribution in [3.63, 3.8) is 0 Å². The second kappa shape index (κ2) is 12.0. The summed E-state index contributed by atoms with van der Waals surface area (Å²) >= 11 is 12.7. The third kappa shape index (κ3) is 5.99. The molecule has 29 heavy (non-hydrogen) atoms. The van der Waals surface area contributed by atoms with Gasteiger partial charge in [-0.05, 0) is 65.4 Å². The van der Waals surface area contributed by atoms with E-state index in [0.717, 1.165) is 12.1 Å². The van der Waals surface area contributed by atoms with E-state index in [1.807, 2.05) is 10.9 Å². The Hall–Kier alpha value is -1.03. The molecule has 5 heteroatoms. The number of aromatic nitrogens is 2. The SMILES string of the molecule is CCCCCCCCCCc1c(-[n+]2c[nH]c(Cl)c2Cl)c(C)cc2ccccc12.[Br-]. The Kier molecular flexibility index (Phi) is 10.0. The third-order valence-electron chi connectivity index (χ3n) is 5.55. The molecule has 2 nitrogen and oxygen atoms in total. The first-order chi connectivity index (χ1) is 13.6. The number of nitrogens with one attached hydrogen (secondary N) is 1. The second-order valence-electron chi connectivity index (χ2n) is 7.71. The van der Waals surface area contributed by atoms with Crippen LogP contribution in [0.1, 0.15) is 69.4 Å². The predicted octanol–water partition coefficient (Wildman–Crippen LogP) is 4.75. The molecule has 0 unspecified atom stereocenters. The van der Waals surface area contributed by atoms with Crippen LogP contribution in [0.2, 0.25) is 10.3 Å². The van der Waals surface area contributed by atoms with Gasteiger partial charge in [0.25, 0.3) is 10.3 Å². The van der Waals surface area contributed by atoms with E-state index in [0.29, 0.717) is 10.3 Å². The topological polar surface area (TPSA) is 19.7 Å². The molecule has 158 valence electrons. The molecule has 1 aromatic heterocycles. The Morgan fingerprint density at radius 2 is 1.59 bits per heavy atom. The molecule has 1 N–H and O–H groups in total. The highest BCUT2D eigenvalue weighted by Gasteiger charge is 2.22. The number of hydrogen-bond acceptors (Lipinski definition) is 0. The average molecular weight is 498 g/mol. The zero-order valence-electron chi connectivity index (χ0n) is 17.4. The van der Waals surface area contributed by atoms with Gasteiger partial charge in [-0.2, -0.15) is 4.57 Å². The number of benzene rings is 2. The maximum atomic E-state index is 6.48. The fourth-order valence-electron chi connectivity index (χ4n) is 4.09. The van der Waals surface area contributed by atoms with Gasteiger partial charge in [-0.15, -0.1) is 0 Å². The van der Waals surface area contributed by atoms with Crippen LogP contribution < -0.4 is 21.5 Å². The highest BCUT2D eigenvalue weighted by atomic mass is 79.9. The highest BCUT2D eigenvalue weighted by Crippen LogP contribution is 2.29. The van der Waals surface area contributed by atoms with Gasteiger partial charge in [-0.1, -0.05) is 76.1 Å². The first kappa shape index (κ1) is 24.2. The Morgan fingerprint density at radius 1 is 0.931 bits per heavy atom. The standard InChI is InChI=1S/C24H30Cl2N2.BrH/c1-3-4-5-6-7-8-9-10-15-21-20-14-12-11-13-19(20)16-18(2)22(21)28-17-27-23(25)24(28)26;/h11-14,16-17H,3-10,15H2,1-2H3;1H. The Bertz CT molecular complexity index is 921. The van der Waals surface area contributed by atoms with Crippen molar-refractivity contribution in [1.29, 1.82) is 0 Å². The number of nitrogens with zero attached hydrogens (tertiary/aromatic N) is 1. The molecule has 0 bridgehead atoms. The van der Waals surface area contributed by atoms with Crippen molar-refractivity contribution in [2.24, 2.45) is 0 Å². The molecule has 0 amide bonds. The zero-order valence-corrected chi connectivity index (χ0v) is 20.5. The minimum Gasteiger partial charge on any atom is -1.00 e. The van der Waals surface area contributed by atoms with Crippen LogP contribution in [0.4, 0.5) is 0 Å². The van der Waals surface area contributed by atoms with Crippen LogP contribution in [0.5, 0.6) is 0 Å². The van der Waals surface area contributed by atoms with Gasteiger partial charge >= 0.3 is 0 Å². The van der Waals surface area contributed by atoms with Gasteiger partial charge < -0.3 is 17.0 Å². The normalized spacial score (nSPS) is 11.0. The van der Waals surface area contributed by atoms with E-state index in [2.05, 4.69) is 49.2 Å². The maximum Gasteiger partial charge on any atom is 0.260 e. The van der Waals surface area contributed by atoms with Gasteiger partial charge in [-0.3, -0.25) is 0 Å². The van der Waals surface area contributed by atoms with Crippen LogP contribution in [0.3, 0.4) is 0 Å². The lowest BCUT2D eigenvalue weighted by Gasteiger charge is -2.14. The smallest absolute Gasteiger partial charge is 0.260 e. The summed E-state index contributed by atoms with van der Waals surface area (Å²) in [4.78, 5) is 3.04. The van der Waals surface area contributed by atoms with Crippen LogP contribution in [-0.2, 0) is 6.42 Å². The van der Waals surface area contributed by atoms with E-state index in [9.17, 15) is 0 Å². The van der Waals surface area contributed by atoms with E-state index in [-0.39, 0.29) is 17.0 Å². The molecule has 2 aromatic carbocycles. The Morgan fingerprint density at radius 3 is 2.24 bits per heavy atom. The maximum absolute atomic E-state index is 6.48. The van der Waals surface area contributed by atoms with E-state index in [1.165, 1.54) is 73.3 Å². The zero-order chi connectivity index (χ0) is 19.9. The summed E-state index contributed by atoms with van der Waals surface area (Å²) < 4.78 is 1.99. The molecule has 0 saturated carbocycles. The minimum absolute atomic E-state index is 0. The van der Waals surface area contributed by atoms with Crippen molar-refractivity contribution in [3.8, 4) is 5.69 Å². The molecule has 0 saturated heterocycles. The quantitative estimate of drug-likeness (QED) is 0.308. The lowest BCUT2D eigenvalue weighted by molar-refractivity contribution is -0.592. The summed E-state index contributed by atoms with van der Waals surface area (Å²) in [5.41, 5.74) is 3.75. The third-order valence-corrected chi connectivity index (χ3v) is 6.31. The molecular weight excluding hydrogens is 467 g/mol. The van der Waals surface area contributed by atoms with Gasteiger partial charge in [-0.25, -0.2) is 4.98 Å². The summed E-state index contributed by atoms with van der Waals surface area (Å²) in [6.07, 6.45) is 13.5. The molecule has 0 atom stereocenters.